The van der Waals surface area contributed by atoms with Crippen LogP contribution in [0.4, 0.5) is 0 Å². The highest BCUT2D eigenvalue weighted by atomic mass is 16.6. The summed E-state index contributed by atoms with van der Waals surface area (Å²) < 4.78 is 0. The van der Waals surface area contributed by atoms with Crippen molar-refractivity contribution in [1.82, 2.24) is 0 Å². The topological polar surface area (TPSA) is 21.6 Å². The molecule has 11 heavy (non-hydrogen) atoms. The fourth-order valence-corrected chi connectivity index (χ4v) is 0.660. The third-order valence-electron chi connectivity index (χ3n) is 1.14. The van der Waals surface area contributed by atoms with Crippen LogP contribution in [0.1, 0.15) is 12.5 Å². The van der Waals surface area contributed by atoms with E-state index in [2.05, 4.69) is 11.2 Å². The van der Waals surface area contributed by atoms with Gasteiger partial charge in [0.25, 0.3) is 0 Å². The average Bonchev–Trinajstić information content (AvgIpc) is 2.07. The molecule has 0 bridgehead atoms. The van der Waals surface area contributed by atoms with Crippen LogP contribution in [0.5, 0.6) is 0 Å². The molecule has 1 radical (unpaired) electrons. The predicted molar refractivity (Wildman–Crippen MR) is 44.5 cm³/mol. The largest absolute Gasteiger partial charge is 0.396 e. The minimum atomic E-state index is 0.604. The van der Waals surface area contributed by atoms with E-state index in [0.29, 0.717) is 6.61 Å². The van der Waals surface area contributed by atoms with Crippen LogP contribution >= 0.6 is 0 Å². The zero-order valence-electron chi connectivity index (χ0n) is 6.45. The molecule has 1 rings (SSSR count). The molecule has 0 aliphatic rings. The average molecular weight is 148 g/mol. The quantitative estimate of drug-likeness (QED) is 0.473. The number of oxime groups is 1. The van der Waals surface area contributed by atoms with Gasteiger partial charge in [0.05, 0.1) is 6.21 Å². The van der Waals surface area contributed by atoms with E-state index in [1.54, 1.807) is 6.21 Å². The Morgan fingerprint density at radius 3 is 3.27 bits per heavy atom. The Labute approximate surface area is 66.5 Å². The zero-order chi connectivity index (χ0) is 7.94. The minimum Gasteiger partial charge on any atom is -0.396 e. The van der Waals surface area contributed by atoms with Crippen molar-refractivity contribution in [1.29, 1.82) is 0 Å². The van der Waals surface area contributed by atoms with Crippen molar-refractivity contribution < 1.29 is 4.84 Å². The van der Waals surface area contributed by atoms with Crippen LogP contribution < -0.4 is 0 Å². The van der Waals surface area contributed by atoms with Crippen LogP contribution in [0.2, 0.25) is 0 Å². The Morgan fingerprint density at radius 2 is 2.64 bits per heavy atom. The van der Waals surface area contributed by atoms with Gasteiger partial charge in [0.15, 0.2) is 0 Å². The fourth-order valence-electron chi connectivity index (χ4n) is 0.660. The molecular weight excluding hydrogens is 138 g/mol. The smallest absolute Gasteiger partial charge is 0.114 e. The molecule has 0 N–H and O–H groups in total. The van der Waals surface area contributed by atoms with Gasteiger partial charge in [-0.3, -0.25) is 0 Å². The minimum absolute atomic E-state index is 0.604. The van der Waals surface area contributed by atoms with Crippen LogP contribution in [0.15, 0.2) is 29.4 Å². The van der Waals surface area contributed by atoms with E-state index >= 15 is 0 Å². The van der Waals surface area contributed by atoms with Gasteiger partial charge >= 0.3 is 0 Å². The van der Waals surface area contributed by atoms with Crippen molar-refractivity contribution in [2.75, 3.05) is 6.61 Å². The third kappa shape index (κ3) is 2.85. The van der Waals surface area contributed by atoms with E-state index < -0.39 is 0 Å². The van der Waals surface area contributed by atoms with E-state index in [9.17, 15) is 0 Å². The fraction of sp³-hybridized carbons (Fsp3) is 0.222. The zero-order valence-corrected chi connectivity index (χ0v) is 6.45. The molecule has 0 unspecified atom stereocenters. The van der Waals surface area contributed by atoms with E-state index in [0.717, 1.165) is 5.56 Å². The van der Waals surface area contributed by atoms with Gasteiger partial charge in [0, 0.05) is 0 Å². The Morgan fingerprint density at radius 1 is 1.73 bits per heavy atom. The summed E-state index contributed by atoms with van der Waals surface area (Å²) in [5.41, 5.74) is 1.00. The SMILES string of the molecule is CCO/N=C/c1c[c]ccc1. The van der Waals surface area contributed by atoms with Crippen molar-refractivity contribution >= 4 is 6.21 Å². The molecule has 2 nitrogen and oxygen atoms in total. The van der Waals surface area contributed by atoms with Gasteiger partial charge < -0.3 is 4.84 Å². The van der Waals surface area contributed by atoms with Crippen molar-refractivity contribution in [3.8, 4) is 0 Å². The molecular formula is C9H10NO. The van der Waals surface area contributed by atoms with Crippen molar-refractivity contribution in [2.24, 2.45) is 5.16 Å². The first-order chi connectivity index (χ1) is 5.43. The van der Waals surface area contributed by atoms with Crippen molar-refractivity contribution in [2.45, 2.75) is 6.92 Å². The Hall–Kier alpha value is -1.31. The van der Waals surface area contributed by atoms with E-state index in [1.807, 2.05) is 31.2 Å². The second-order valence-electron chi connectivity index (χ2n) is 1.99. The molecule has 0 aliphatic heterocycles. The predicted octanol–water partition coefficient (Wildman–Crippen LogP) is 1.86. The highest BCUT2D eigenvalue weighted by Crippen LogP contribution is 1.92. The summed E-state index contributed by atoms with van der Waals surface area (Å²) in [6, 6.07) is 10.5. The Bertz CT molecular complexity index is 218. The van der Waals surface area contributed by atoms with Crippen LogP contribution in [0.3, 0.4) is 0 Å². The molecule has 0 aliphatic carbocycles. The maximum atomic E-state index is 4.79. The summed E-state index contributed by atoms with van der Waals surface area (Å²) >= 11 is 0. The van der Waals surface area contributed by atoms with Gasteiger partial charge in [-0.15, -0.1) is 0 Å². The van der Waals surface area contributed by atoms with E-state index in [4.69, 9.17) is 4.84 Å². The molecule has 0 saturated heterocycles. The first-order valence-electron chi connectivity index (χ1n) is 3.55. The molecule has 0 spiro atoms. The van der Waals surface area contributed by atoms with Gasteiger partial charge in [0.1, 0.15) is 6.61 Å². The summed E-state index contributed by atoms with van der Waals surface area (Å²) in [6.45, 7) is 2.50. The number of nitrogens with zero attached hydrogens (tertiary/aromatic N) is 1. The van der Waals surface area contributed by atoms with Crippen LogP contribution in [0, 0.1) is 6.07 Å². The van der Waals surface area contributed by atoms with Crippen LogP contribution in [-0.4, -0.2) is 12.8 Å². The summed E-state index contributed by atoms with van der Waals surface area (Å²) in [5, 5.41) is 3.72. The van der Waals surface area contributed by atoms with Gasteiger partial charge in [-0.2, -0.15) is 0 Å². The van der Waals surface area contributed by atoms with Gasteiger partial charge in [0.2, 0.25) is 0 Å². The molecule has 0 aromatic heterocycles. The molecule has 0 heterocycles. The van der Waals surface area contributed by atoms with E-state index in [-0.39, 0.29) is 0 Å². The van der Waals surface area contributed by atoms with Crippen LogP contribution in [0.25, 0.3) is 0 Å². The number of rotatable bonds is 3. The summed E-state index contributed by atoms with van der Waals surface area (Å²) in [7, 11) is 0. The Balaban J connectivity index is 2.50. The second kappa shape index (κ2) is 4.50. The molecule has 0 saturated carbocycles. The monoisotopic (exact) mass is 148 g/mol. The molecule has 1 aromatic carbocycles. The summed E-state index contributed by atoms with van der Waals surface area (Å²) in [5.74, 6) is 0. The molecule has 1 aromatic rings. The highest BCUT2D eigenvalue weighted by molar-refractivity contribution is 5.78. The summed E-state index contributed by atoms with van der Waals surface area (Å²) in [6.07, 6.45) is 1.67. The molecule has 0 amide bonds. The normalized spacial score (nSPS) is 10.3. The standard InChI is InChI=1S/C9H10NO/c1-2-11-10-8-9-6-4-3-5-7-9/h3-4,6-8H,2H2,1H3/b10-8+. The van der Waals surface area contributed by atoms with Crippen LogP contribution in [-0.2, 0) is 4.84 Å². The Kier molecular flexibility index (Phi) is 3.19. The molecule has 0 atom stereocenters. The second-order valence-corrected chi connectivity index (χ2v) is 1.99. The highest BCUT2D eigenvalue weighted by Gasteiger charge is 1.82. The van der Waals surface area contributed by atoms with E-state index in [1.165, 1.54) is 0 Å². The number of hydrogen-bond acceptors (Lipinski definition) is 2. The molecule has 2 heteroatoms. The first-order valence-corrected chi connectivity index (χ1v) is 3.55. The number of hydrogen-bond donors (Lipinski definition) is 0. The maximum absolute atomic E-state index is 4.79. The third-order valence-corrected chi connectivity index (χ3v) is 1.14. The van der Waals surface area contributed by atoms with Crippen molar-refractivity contribution in [3.05, 3.63) is 35.9 Å². The summed E-state index contributed by atoms with van der Waals surface area (Å²) in [4.78, 5) is 4.79. The lowest BCUT2D eigenvalue weighted by Gasteiger charge is -1.90. The van der Waals surface area contributed by atoms with Gasteiger partial charge in [-0.25, -0.2) is 0 Å². The van der Waals surface area contributed by atoms with Crippen molar-refractivity contribution in [3.63, 3.8) is 0 Å². The lowest BCUT2D eigenvalue weighted by atomic mass is 10.2. The van der Waals surface area contributed by atoms with Gasteiger partial charge in [-0.05, 0) is 24.6 Å². The maximum Gasteiger partial charge on any atom is 0.114 e. The first kappa shape index (κ1) is 7.79. The molecule has 0 fully saturated rings. The van der Waals surface area contributed by atoms with Gasteiger partial charge in [-0.1, -0.05) is 23.4 Å². The number of benzene rings is 1. The lowest BCUT2D eigenvalue weighted by Crippen LogP contribution is -1.82. The lowest BCUT2D eigenvalue weighted by molar-refractivity contribution is 0.160. The molecule has 57 valence electrons.